The monoisotopic (exact) mass is 375 g/mol. The van der Waals surface area contributed by atoms with Crippen LogP contribution in [0.25, 0.3) is 0 Å². The van der Waals surface area contributed by atoms with Gasteiger partial charge in [0.25, 0.3) is 0 Å². The minimum absolute atomic E-state index is 0.639. The first-order valence-corrected chi connectivity index (χ1v) is 9.77. The summed E-state index contributed by atoms with van der Waals surface area (Å²) in [5, 5.41) is 6.73. The molecule has 0 spiro atoms. The lowest BCUT2D eigenvalue weighted by Gasteiger charge is -2.12. The first-order valence-electron chi connectivity index (χ1n) is 9.77. The van der Waals surface area contributed by atoms with E-state index in [1.54, 1.807) is 0 Å². The van der Waals surface area contributed by atoms with Crippen LogP contribution in [-0.2, 0) is 19.6 Å². The Bertz CT molecular complexity index is 909. The molecule has 0 aliphatic rings. The van der Waals surface area contributed by atoms with Crippen molar-refractivity contribution in [1.82, 2.24) is 20.2 Å². The summed E-state index contributed by atoms with van der Waals surface area (Å²) in [5.41, 5.74) is 4.97. The Morgan fingerprint density at radius 1 is 1.00 bits per heavy atom. The summed E-state index contributed by atoms with van der Waals surface area (Å²) in [5.74, 6) is 1.86. The standard InChI is InChI=1S/C23H29N5/c1-4-24-23(26-15-20-10-8-18(2)9-11-20)27-16-21-6-5-7-22(14-21)17-28-13-12-25-19(28)3/h5-14H,4,15-17H2,1-3H3,(H2,24,26,27). The zero-order chi connectivity index (χ0) is 19.8. The Hall–Kier alpha value is -3.08. The first-order chi connectivity index (χ1) is 13.6. The normalized spacial score (nSPS) is 11.5. The van der Waals surface area contributed by atoms with Gasteiger partial charge < -0.3 is 15.2 Å². The molecular weight excluding hydrogens is 346 g/mol. The van der Waals surface area contributed by atoms with Crippen molar-refractivity contribution in [3.05, 3.63) is 89.0 Å². The summed E-state index contributed by atoms with van der Waals surface area (Å²) in [4.78, 5) is 9.04. The van der Waals surface area contributed by atoms with Gasteiger partial charge in [0.2, 0.25) is 0 Å². The molecular formula is C23H29N5. The van der Waals surface area contributed by atoms with Crippen LogP contribution in [0.5, 0.6) is 0 Å². The lowest BCUT2D eigenvalue weighted by Crippen LogP contribution is -2.36. The Morgan fingerprint density at radius 3 is 2.50 bits per heavy atom. The zero-order valence-electron chi connectivity index (χ0n) is 16.9. The van der Waals surface area contributed by atoms with Crippen LogP contribution in [0, 0.1) is 13.8 Å². The van der Waals surface area contributed by atoms with Gasteiger partial charge in [-0.3, -0.25) is 0 Å². The van der Waals surface area contributed by atoms with Crippen molar-refractivity contribution >= 4 is 5.96 Å². The third-order valence-electron chi connectivity index (χ3n) is 4.61. The van der Waals surface area contributed by atoms with Crippen molar-refractivity contribution in [2.75, 3.05) is 6.54 Å². The highest BCUT2D eigenvalue weighted by atomic mass is 15.2. The second-order valence-electron chi connectivity index (χ2n) is 6.96. The number of aryl methyl sites for hydroxylation is 2. The molecule has 3 rings (SSSR count). The largest absolute Gasteiger partial charge is 0.357 e. The Kier molecular flexibility index (Phi) is 6.84. The van der Waals surface area contributed by atoms with Gasteiger partial charge in [-0.05, 0) is 37.5 Å². The maximum Gasteiger partial charge on any atom is 0.191 e. The Labute approximate surface area is 167 Å². The Morgan fingerprint density at radius 2 is 1.79 bits per heavy atom. The van der Waals surface area contributed by atoms with E-state index in [2.05, 4.69) is 82.6 Å². The number of benzene rings is 2. The summed E-state index contributed by atoms with van der Waals surface area (Å²) in [7, 11) is 0. The fraction of sp³-hybridized carbons (Fsp3) is 0.304. The number of rotatable bonds is 7. The number of hydrogen-bond donors (Lipinski definition) is 2. The van der Waals surface area contributed by atoms with Crippen molar-refractivity contribution in [1.29, 1.82) is 0 Å². The minimum atomic E-state index is 0.639. The smallest absolute Gasteiger partial charge is 0.191 e. The van der Waals surface area contributed by atoms with Gasteiger partial charge in [0.05, 0.1) is 6.54 Å². The summed E-state index contributed by atoms with van der Waals surface area (Å²) < 4.78 is 2.15. The van der Waals surface area contributed by atoms with Crippen molar-refractivity contribution in [2.45, 2.75) is 40.4 Å². The van der Waals surface area contributed by atoms with Crippen LogP contribution >= 0.6 is 0 Å². The maximum atomic E-state index is 4.75. The van der Waals surface area contributed by atoms with E-state index in [0.29, 0.717) is 6.54 Å². The van der Waals surface area contributed by atoms with Gasteiger partial charge in [-0.25, -0.2) is 9.98 Å². The van der Waals surface area contributed by atoms with Crippen molar-refractivity contribution in [3.63, 3.8) is 0 Å². The highest BCUT2D eigenvalue weighted by Gasteiger charge is 2.02. The molecule has 0 unspecified atom stereocenters. The second kappa shape index (κ2) is 9.74. The molecule has 0 bridgehead atoms. The maximum absolute atomic E-state index is 4.75. The van der Waals surface area contributed by atoms with Crippen molar-refractivity contribution < 1.29 is 0 Å². The van der Waals surface area contributed by atoms with Crippen LogP contribution < -0.4 is 10.6 Å². The highest BCUT2D eigenvalue weighted by molar-refractivity contribution is 5.79. The van der Waals surface area contributed by atoms with Gasteiger partial charge in [-0.1, -0.05) is 54.1 Å². The topological polar surface area (TPSA) is 54.2 Å². The molecule has 1 heterocycles. The fourth-order valence-electron chi connectivity index (χ4n) is 3.00. The molecule has 28 heavy (non-hydrogen) atoms. The third kappa shape index (κ3) is 5.71. The predicted octanol–water partition coefficient (Wildman–Crippen LogP) is 3.80. The third-order valence-corrected chi connectivity index (χ3v) is 4.61. The Balaban J connectivity index is 1.62. The molecule has 0 saturated heterocycles. The summed E-state index contributed by atoms with van der Waals surface area (Å²) in [6, 6.07) is 17.1. The molecule has 0 atom stereocenters. The van der Waals surface area contributed by atoms with Gasteiger partial charge in [-0.2, -0.15) is 0 Å². The van der Waals surface area contributed by atoms with Gasteiger partial charge in [0.1, 0.15) is 5.82 Å². The average Bonchev–Trinajstić information content (AvgIpc) is 3.10. The number of guanidine groups is 1. The van der Waals surface area contributed by atoms with Crippen molar-refractivity contribution in [2.24, 2.45) is 4.99 Å². The van der Waals surface area contributed by atoms with Crippen LogP contribution in [-0.4, -0.2) is 22.1 Å². The van der Waals surface area contributed by atoms with E-state index in [1.807, 2.05) is 19.3 Å². The molecule has 5 heteroatoms. The van der Waals surface area contributed by atoms with Crippen molar-refractivity contribution in [3.8, 4) is 0 Å². The van der Waals surface area contributed by atoms with Crippen LogP contribution in [0.4, 0.5) is 0 Å². The SMILES string of the molecule is CCNC(=NCc1cccc(Cn2ccnc2C)c1)NCc1ccc(C)cc1. The molecule has 146 valence electrons. The molecule has 2 N–H and O–H groups in total. The number of imidazole rings is 1. The quantitative estimate of drug-likeness (QED) is 0.488. The number of aliphatic imine (C=N–C) groups is 1. The summed E-state index contributed by atoms with van der Waals surface area (Å²) >= 11 is 0. The number of hydrogen-bond acceptors (Lipinski definition) is 2. The lowest BCUT2D eigenvalue weighted by molar-refractivity contribution is 0.760. The molecule has 1 aromatic heterocycles. The number of nitrogens with zero attached hydrogens (tertiary/aromatic N) is 3. The van der Waals surface area contributed by atoms with E-state index < -0.39 is 0 Å². The van der Waals surface area contributed by atoms with E-state index >= 15 is 0 Å². The molecule has 0 aliphatic heterocycles. The first kappa shape index (κ1) is 19.7. The number of nitrogens with one attached hydrogen (secondary N) is 2. The van der Waals surface area contributed by atoms with E-state index in [0.717, 1.165) is 31.4 Å². The van der Waals surface area contributed by atoms with Crippen LogP contribution in [0.15, 0.2) is 65.9 Å². The molecule has 0 saturated carbocycles. The van der Waals surface area contributed by atoms with Gasteiger partial charge in [0, 0.05) is 32.0 Å². The fourth-order valence-corrected chi connectivity index (χ4v) is 3.00. The van der Waals surface area contributed by atoms with Crippen LogP contribution in [0.2, 0.25) is 0 Å². The molecule has 2 aromatic carbocycles. The van der Waals surface area contributed by atoms with E-state index in [4.69, 9.17) is 4.99 Å². The molecule has 0 amide bonds. The average molecular weight is 376 g/mol. The zero-order valence-corrected chi connectivity index (χ0v) is 16.9. The summed E-state index contributed by atoms with van der Waals surface area (Å²) in [6.45, 7) is 9.26. The van der Waals surface area contributed by atoms with E-state index in [1.165, 1.54) is 22.3 Å². The van der Waals surface area contributed by atoms with Gasteiger partial charge in [0.15, 0.2) is 5.96 Å². The molecule has 3 aromatic rings. The van der Waals surface area contributed by atoms with E-state index in [-0.39, 0.29) is 0 Å². The minimum Gasteiger partial charge on any atom is -0.357 e. The molecule has 5 nitrogen and oxygen atoms in total. The van der Waals surface area contributed by atoms with Gasteiger partial charge >= 0.3 is 0 Å². The summed E-state index contributed by atoms with van der Waals surface area (Å²) in [6.07, 6.45) is 3.85. The van der Waals surface area contributed by atoms with Gasteiger partial charge in [-0.15, -0.1) is 0 Å². The highest BCUT2D eigenvalue weighted by Crippen LogP contribution is 2.10. The lowest BCUT2D eigenvalue weighted by atomic mass is 10.1. The molecule has 0 radical (unpaired) electrons. The molecule has 0 fully saturated rings. The van der Waals surface area contributed by atoms with Crippen LogP contribution in [0.1, 0.15) is 35.0 Å². The van der Waals surface area contributed by atoms with E-state index in [9.17, 15) is 0 Å². The molecule has 0 aliphatic carbocycles. The number of aromatic nitrogens is 2. The second-order valence-corrected chi connectivity index (χ2v) is 6.96. The van der Waals surface area contributed by atoms with Crippen LogP contribution in [0.3, 0.4) is 0 Å². The predicted molar refractivity (Wildman–Crippen MR) is 115 cm³/mol.